The van der Waals surface area contributed by atoms with Gasteiger partial charge in [-0.05, 0) is 32.8 Å². The number of ether oxygens (including phenoxy) is 1. The maximum absolute atomic E-state index is 12.1. The SMILES string of the molecule is CCc1c(C)sc(NC(C)=O)c1C(=O)OC(C)C. The van der Waals surface area contributed by atoms with E-state index < -0.39 is 0 Å². The summed E-state index contributed by atoms with van der Waals surface area (Å²) in [7, 11) is 0. The molecule has 1 amide bonds. The molecule has 0 aliphatic carbocycles. The van der Waals surface area contributed by atoms with Gasteiger partial charge in [0.2, 0.25) is 5.91 Å². The van der Waals surface area contributed by atoms with Gasteiger partial charge in [-0.3, -0.25) is 4.79 Å². The molecule has 100 valence electrons. The Labute approximate surface area is 111 Å². The number of carbonyl (C=O) groups excluding carboxylic acids is 2. The molecule has 0 saturated carbocycles. The molecule has 1 N–H and O–H groups in total. The van der Waals surface area contributed by atoms with Gasteiger partial charge < -0.3 is 10.1 Å². The summed E-state index contributed by atoms with van der Waals surface area (Å²) >= 11 is 1.42. The minimum atomic E-state index is -0.366. The maximum Gasteiger partial charge on any atom is 0.341 e. The summed E-state index contributed by atoms with van der Waals surface area (Å²) in [6, 6.07) is 0. The zero-order valence-electron chi connectivity index (χ0n) is 11.4. The average molecular weight is 269 g/mol. The van der Waals surface area contributed by atoms with E-state index in [1.54, 1.807) is 13.8 Å². The van der Waals surface area contributed by atoms with Crippen LogP contribution >= 0.6 is 11.3 Å². The number of amides is 1. The van der Waals surface area contributed by atoms with Crippen molar-refractivity contribution in [2.75, 3.05) is 5.32 Å². The first-order valence-corrected chi connectivity index (χ1v) is 6.79. The Morgan fingerprint density at radius 2 is 2.00 bits per heavy atom. The van der Waals surface area contributed by atoms with Crippen molar-refractivity contribution >= 4 is 28.2 Å². The van der Waals surface area contributed by atoms with E-state index in [0.29, 0.717) is 10.6 Å². The van der Waals surface area contributed by atoms with E-state index in [2.05, 4.69) is 5.32 Å². The summed E-state index contributed by atoms with van der Waals surface area (Å²) < 4.78 is 5.23. The third-order valence-corrected chi connectivity index (χ3v) is 3.46. The zero-order valence-corrected chi connectivity index (χ0v) is 12.2. The van der Waals surface area contributed by atoms with Gasteiger partial charge in [-0.15, -0.1) is 11.3 Å². The smallest absolute Gasteiger partial charge is 0.341 e. The zero-order chi connectivity index (χ0) is 13.9. The van der Waals surface area contributed by atoms with Gasteiger partial charge in [-0.2, -0.15) is 0 Å². The van der Waals surface area contributed by atoms with Crippen LogP contribution < -0.4 is 5.32 Å². The van der Waals surface area contributed by atoms with Crippen molar-refractivity contribution in [1.29, 1.82) is 0 Å². The first kappa shape index (κ1) is 14.7. The molecule has 0 radical (unpaired) electrons. The summed E-state index contributed by atoms with van der Waals surface area (Å²) in [6.45, 7) is 8.97. The van der Waals surface area contributed by atoms with Crippen LogP contribution in [0, 0.1) is 6.92 Å². The molecule has 0 atom stereocenters. The fourth-order valence-electron chi connectivity index (χ4n) is 1.74. The van der Waals surface area contributed by atoms with Crippen molar-refractivity contribution in [3.8, 4) is 0 Å². The second-order valence-corrected chi connectivity index (χ2v) is 5.55. The van der Waals surface area contributed by atoms with Crippen molar-refractivity contribution in [3.63, 3.8) is 0 Å². The quantitative estimate of drug-likeness (QED) is 0.854. The Balaban J connectivity index is 3.19. The molecule has 1 heterocycles. The summed E-state index contributed by atoms with van der Waals surface area (Å²) in [4.78, 5) is 24.3. The van der Waals surface area contributed by atoms with Gasteiger partial charge in [0, 0.05) is 11.8 Å². The molecule has 0 fully saturated rings. The van der Waals surface area contributed by atoms with Crippen LogP contribution in [0.3, 0.4) is 0 Å². The highest BCUT2D eigenvalue weighted by Gasteiger charge is 2.23. The van der Waals surface area contributed by atoms with Crippen LogP contribution in [0.25, 0.3) is 0 Å². The molecule has 0 saturated heterocycles. The number of hydrogen-bond donors (Lipinski definition) is 1. The van der Waals surface area contributed by atoms with Crippen LogP contribution in [0.1, 0.15) is 48.5 Å². The highest BCUT2D eigenvalue weighted by atomic mass is 32.1. The average Bonchev–Trinajstić information content (AvgIpc) is 2.52. The van der Waals surface area contributed by atoms with E-state index in [0.717, 1.165) is 16.9 Å². The van der Waals surface area contributed by atoms with Gasteiger partial charge in [-0.25, -0.2) is 4.79 Å². The lowest BCUT2D eigenvalue weighted by Crippen LogP contribution is -2.15. The molecule has 18 heavy (non-hydrogen) atoms. The Kier molecular flexibility index (Phi) is 4.90. The third kappa shape index (κ3) is 3.32. The van der Waals surface area contributed by atoms with E-state index >= 15 is 0 Å². The van der Waals surface area contributed by atoms with Crippen molar-refractivity contribution in [2.45, 2.75) is 47.1 Å². The van der Waals surface area contributed by atoms with E-state index in [-0.39, 0.29) is 18.0 Å². The standard InChI is InChI=1S/C13H19NO3S/c1-6-10-8(4)18-12(14-9(5)15)11(10)13(16)17-7(2)3/h7H,6H2,1-5H3,(H,14,15). The lowest BCUT2D eigenvalue weighted by atomic mass is 10.1. The molecule has 0 aliphatic rings. The summed E-state index contributed by atoms with van der Waals surface area (Å²) in [6.07, 6.45) is 0.567. The molecule has 0 aromatic carbocycles. The normalized spacial score (nSPS) is 10.6. The van der Waals surface area contributed by atoms with Crippen molar-refractivity contribution < 1.29 is 14.3 Å². The maximum atomic E-state index is 12.1. The number of anilines is 1. The van der Waals surface area contributed by atoms with E-state index in [9.17, 15) is 9.59 Å². The molecule has 1 aromatic heterocycles. The number of esters is 1. The van der Waals surface area contributed by atoms with Gasteiger partial charge in [0.15, 0.2) is 0 Å². The molecular weight excluding hydrogens is 250 g/mol. The Hall–Kier alpha value is -1.36. The fourth-order valence-corrected chi connectivity index (χ4v) is 2.92. The molecule has 0 spiro atoms. The number of thiophene rings is 1. The van der Waals surface area contributed by atoms with Gasteiger partial charge in [-0.1, -0.05) is 6.92 Å². The van der Waals surface area contributed by atoms with Crippen LogP contribution in [0.4, 0.5) is 5.00 Å². The highest BCUT2D eigenvalue weighted by molar-refractivity contribution is 7.16. The van der Waals surface area contributed by atoms with E-state index in [1.165, 1.54) is 18.3 Å². The van der Waals surface area contributed by atoms with Crippen molar-refractivity contribution in [2.24, 2.45) is 0 Å². The molecule has 1 rings (SSSR count). The lowest BCUT2D eigenvalue weighted by molar-refractivity contribution is -0.114. The number of hydrogen-bond acceptors (Lipinski definition) is 4. The molecule has 0 unspecified atom stereocenters. The van der Waals surface area contributed by atoms with Crippen LogP contribution in [-0.2, 0) is 16.0 Å². The van der Waals surface area contributed by atoms with Crippen LogP contribution in [0.5, 0.6) is 0 Å². The summed E-state index contributed by atoms with van der Waals surface area (Å²) in [5, 5.41) is 3.29. The fraction of sp³-hybridized carbons (Fsp3) is 0.538. The Morgan fingerprint density at radius 3 is 2.44 bits per heavy atom. The summed E-state index contributed by atoms with van der Waals surface area (Å²) in [5.41, 5.74) is 1.46. The second-order valence-electron chi connectivity index (χ2n) is 4.33. The summed E-state index contributed by atoms with van der Waals surface area (Å²) in [5.74, 6) is -0.549. The lowest BCUT2D eigenvalue weighted by Gasteiger charge is -2.10. The molecular formula is C13H19NO3S. The van der Waals surface area contributed by atoms with Crippen molar-refractivity contribution in [3.05, 3.63) is 16.0 Å². The van der Waals surface area contributed by atoms with Gasteiger partial charge >= 0.3 is 5.97 Å². The monoisotopic (exact) mass is 269 g/mol. The molecule has 0 bridgehead atoms. The van der Waals surface area contributed by atoms with Gasteiger partial charge in [0.1, 0.15) is 5.00 Å². The van der Waals surface area contributed by atoms with Crippen molar-refractivity contribution in [1.82, 2.24) is 0 Å². The predicted molar refractivity (Wildman–Crippen MR) is 73.3 cm³/mol. The molecule has 0 aliphatic heterocycles. The van der Waals surface area contributed by atoms with Crippen LogP contribution in [0.15, 0.2) is 0 Å². The number of carbonyl (C=O) groups is 2. The Bertz CT molecular complexity index is 463. The van der Waals surface area contributed by atoms with Gasteiger partial charge in [0.05, 0.1) is 11.7 Å². The molecule has 5 heteroatoms. The first-order chi connectivity index (χ1) is 8.36. The van der Waals surface area contributed by atoms with E-state index in [1.807, 2.05) is 13.8 Å². The Morgan fingerprint density at radius 1 is 1.39 bits per heavy atom. The molecule has 1 aromatic rings. The third-order valence-electron chi connectivity index (χ3n) is 2.40. The van der Waals surface area contributed by atoms with Gasteiger partial charge in [0.25, 0.3) is 0 Å². The topological polar surface area (TPSA) is 55.4 Å². The minimum Gasteiger partial charge on any atom is -0.459 e. The van der Waals surface area contributed by atoms with E-state index in [4.69, 9.17) is 4.74 Å². The number of aryl methyl sites for hydroxylation is 1. The molecule has 4 nitrogen and oxygen atoms in total. The largest absolute Gasteiger partial charge is 0.459 e. The number of nitrogens with one attached hydrogen (secondary N) is 1. The first-order valence-electron chi connectivity index (χ1n) is 5.97. The van der Waals surface area contributed by atoms with Crippen LogP contribution in [0.2, 0.25) is 0 Å². The highest BCUT2D eigenvalue weighted by Crippen LogP contribution is 2.34. The minimum absolute atomic E-state index is 0.174. The van der Waals surface area contributed by atoms with Crippen LogP contribution in [-0.4, -0.2) is 18.0 Å². The second kappa shape index (κ2) is 6.00. The number of rotatable bonds is 4. The predicted octanol–water partition coefficient (Wildman–Crippen LogP) is 3.14.